The topological polar surface area (TPSA) is 20.2 Å². The Morgan fingerprint density at radius 3 is 2.75 bits per heavy atom. The summed E-state index contributed by atoms with van der Waals surface area (Å²) in [5.74, 6) is -0.920. The quantitative estimate of drug-likeness (QED) is 0.724. The number of hydrogen-bond acceptors (Lipinski definition) is 1. The van der Waals surface area contributed by atoms with Crippen LogP contribution in [0.5, 0.6) is 5.75 Å². The molecule has 0 saturated carbocycles. The predicted molar refractivity (Wildman–Crippen MR) is 42.1 cm³/mol. The third-order valence-electron chi connectivity index (χ3n) is 1.64. The number of hydrogen-bond donors (Lipinski definition) is 1. The Morgan fingerprint density at radius 2 is 2.17 bits per heavy atom. The Hall–Kier alpha value is -1.12. The van der Waals surface area contributed by atoms with E-state index in [0.29, 0.717) is 0 Å². The molecule has 3 heteroatoms. The zero-order valence-corrected chi connectivity index (χ0v) is 6.64. The Balaban J connectivity index is 3.07. The summed E-state index contributed by atoms with van der Waals surface area (Å²) >= 11 is 0. The number of phenolic OH excluding ortho intramolecular Hbond substituents is 1. The summed E-state index contributed by atoms with van der Waals surface area (Å²) in [5, 5.41) is 8.93. The third-order valence-corrected chi connectivity index (χ3v) is 1.64. The number of phenols is 1. The first-order valence-corrected chi connectivity index (χ1v) is 3.53. The van der Waals surface area contributed by atoms with Gasteiger partial charge in [0.25, 0.3) is 0 Å². The zero-order chi connectivity index (χ0) is 9.14. The highest BCUT2D eigenvalue weighted by atomic mass is 19.1. The smallest absolute Gasteiger partial charge is 0.168 e. The molecule has 0 unspecified atom stereocenters. The van der Waals surface area contributed by atoms with Gasteiger partial charge in [0.2, 0.25) is 0 Å². The lowest BCUT2D eigenvalue weighted by atomic mass is 10.0. The van der Waals surface area contributed by atoms with E-state index in [0.717, 1.165) is 0 Å². The van der Waals surface area contributed by atoms with Crippen molar-refractivity contribution in [2.75, 3.05) is 6.67 Å². The fourth-order valence-corrected chi connectivity index (χ4v) is 0.921. The van der Waals surface area contributed by atoms with Crippen molar-refractivity contribution < 1.29 is 13.9 Å². The maximum absolute atomic E-state index is 13.0. The van der Waals surface area contributed by atoms with Crippen molar-refractivity contribution in [2.45, 2.75) is 6.92 Å². The number of benzene rings is 1. The average Bonchev–Trinajstić information content (AvgIpc) is 2.08. The Labute approximate surface area is 69.7 Å². The fourth-order valence-electron chi connectivity index (χ4n) is 0.921. The second-order valence-corrected chi connectivity index (χ2v) is 2.55. The lowest BCUT2D eigenvalue weighted by molar-refractivity contribution is 0.426. The van der Waals surface area contributed by atoms with Crippen LogP contribution in [-0.4, -0.2) is 11.8 Å². The molecule has 0 aliphatic rings. The maximum Gasteiger partial charge on any atom is 0.168 e. The van der Waals surface area contributed by atoms with Crippen molar-refractivity contribution in [3.05, 3.63) is 35.5 Å². The van der Waals surface area contributed by atoms with Crippen molar-refractivity contribution in [1.29, 1.82) is 0 Å². The molecule has 1 radical (unpaired) electrons. The van der Waals surface area contributed by atoms with Gasteiger partial charge in [-0.15, -0.1) is 0 Å². The third kappa shape index (κ3) is 1.55. The van der Waals surface area contributed by atoms with Gasteiger partial charge in [0.15, 0.2) is 11.6 Å². The Morgan fingerprint density at radius 1 is 1.50 bits per heavy atom. The fraction of sp³-hybridized carbons (Fsp3) is 0.222. The first kappa shape index (κ1) is 8.97. The minimum atomic E-state index is -0.757. The molecule has 0 fully saturated rings. The molecule has 0 spiro atoms. The van der Waals surface area contributed by atoms with Crippen molar-refractivity contribution in [3.63, 3.8) is 0 Å². The highest BCUT2D eigenvalue weighted by Gasteiger charge is 2.13. The van der Waals surface area contributed by atoms with Crippen LogP contribution in [0.4, 0.5) is 8.78 Å². The van der Waals surface area contributed by atoms with Crippen molar-refractivity contribution in [1.82, 2.24) is 0 Å². The van der Waals surface area contributed by atoms with Gasteiger partial charge in [-0.1, -0.05) is 19.1 Å². The molecular weight excluding hydrogens is 162 g/mol. The van der Waals surface area contributed by atoms with Gasteiger partial charge in [-0.2, -0.15) is 0 Å². The zero-order valence-electron chi connectivity index (χ0n) is 6.64. The van der Waals surface area contributed by atoms with E-state index in [4.69, 9.17) is 5.11 Å². The van der Waals surface area contributed by atoms with E-state index in [9.17, 15) is 8.78 Å². The van der Waals surface area contributed by atoms with Gasteiger partial charge in [-0.3, -0.25) is 4.39 Å². The second-order valence-electron chi connectivity index (χ2n) is 2.55. The molecule has 65 valence electrons. The summed E-state index contributed by atoms with van der Waals surface area (Å²) in [6, 6.07) is 4.14. The van der Waals surface area contributed by atoms with Gasteiger partial charge < -0.3 is 5.11 Å². The van der Waals surface area contributed by atoms with Gasteiger partial charge in [0.1, 0.15) is 0 Å². The van der Waals surface area contributed by atoms with Crippen LogP contribution >= 0.6 is 0 Å². The molecule has 0 aromatic heterocycles. The highest BCUT2D eigenvalue weighted by molar-refractivity contribution is 5.37. The molecule has 12 heavy (non-hydrogen) atoms. The monoisotopic (exact) mass is 171 g/mol. The number of aromatic hydroxyl groups is 1. The van der Waals surface area contributed by atoms with E-state index >= 15 is 0 Å². The van der Waals surface area contributed by atoms with Gasteiger partial charge in [0, 0.05) is 11.5 Å². The molecule has 1 N–H and O–H groups in total. The van der Waals surface area contributed by atoms with Gasteiger partial charge in [-0.25, -0.2) is 4.39 Å². The first-order valence-electron chi connectivity index (χ1n) is 3.53. The molecule has 0 saturated heterocycles. The number of rotatable bonds is 2. The molecule has 0 amide bonds. The van der Waals surface area contributed by atoms with Gasteiger partial charge in [-0.05, 0) is 6.07 Å². The molecular formula is C9H9F2O. The van der Waals surface area contributed by atoms with Gasteiger partial charge in [0.05, 0.1) is 6.67 Å². The Kier molecular flexibility index (Phi) is 2.63. The van der Waals surface area contributed by atoms with E-state index in [1.165, 1.54) is 25.1 Å². The van der Waals surface area contributed by atoms with E-state index in [1.807, 2.05) is 0 Å². The van der Waals surface area contributed by atoms with E-state index in [-0.39, 0.29) is 11.5 Å². The molecule has 1 aromatic rings. The van der Waals surface area contributed by atoms with Gasteiger partial charge >= 0.3 is 0 Å². The largest absolute Gasteiger partial charge is 0.505 e. The summed E-state index contributed by atoms with van der Waals surface area (Å²) in [7, 11) is 0. The summed E-state index contributed by atoms with van der Waals surface area (Å²) < 4.78 is 25.1. The van der Waals surface area contributed by atoms with Crippen LogP contribution in [0.1, 0.15) is 12.5 Å². The van der Waals surface area contributed by atoms with Crippen LogP contribution in [0.25, 0.3) is 0 Å². The maximum atomic E-state index is 13.0. The van der Waals surface area contributed by atoms with Crippen LogP contribution in [-0.2, 0) is 0 Å². The van der Waals surface area contributed by atoms with Crippen LogP contribution in [0.3, 0.4) is 0 Å². The van der Waals surface area contributed by atoms with E-state index in [1.54, 1.807) is 0 Å². The number of alkyl halides is 1. The highest BCUT2D eigenvalue weighted by Crippen LogP contribution is 2.24. The summed E-state index contributed by atoms with van der Waals surface area (Å²) in [5.41, 5.74) is 0.137. The van der Waals surface area contributed by atoms with Crippen molar-refractivity contribution in [3.8, 4) is 5.75 Å². The lowest BCUT2D eigenvalue weighted by Crippen LogP contribution is -1.99. The first-order chi connectivity index (χ1) is 5.66. The van der Waals surface area contributed by atoms with Crippen LogP contribution in [0.2, 0.25) is 0 Å². The van der Waals surface area contributed by atoms with Crippen molar-refractivity contribution >= 4 is 0 Å². The summed E-state index contributed by atoms with van der Waals surface area (Å²) in [6.07, 6.45) is 0. The summed E-state index contributed by atoms with van der Waals surface area (Å²) in [4.78, 5) is 0. The lowest BCUT2D eigenvalue weighted by Gasteiger charge is -2.07. The SMILES string of the molecule is C[C](CF)c1cccc(O)c1F. The predicted octanol–water partition coefficient (Wildman–Crippen LogP) is 2.44. The normalized spacial score (nSPS) is 10.7. The minimum Gasteiger partial charge on any atom is -0.505 e. The van der Waals surface area contributed by atoms with E-state index in [2.05, 4.69) is 0 Å². The molecule has 0 bridgehead atoms. The standard InChI is InChI=1S/C9H9F2O/c1-6(5-10)7-3-2-4-8(12)9(7)11/h2-4,12H,5H2,1H3. The summed E-state index contributed by atoms with van der Waals surface area (Å²) in [6.45, 7) is 0.776. The average molecular weight is 171 g/mol. The molecule has 0 aliphatic carbocycles. The van der Waals surface area contributed by atoms with Crippen LogP contribution in [0, 0.1) is 11.7 Å². The second kappa shape index (κ2) is 3.52. The molecule has 1 nitrogen and oxygen atoms in total. The van der Waals surface area contributed by atoms with Crippen molar-refractivity contribution in [2.24, 2.45) is 0 Å². The molecule has 1 aromatic carbocycles. The minimum absolute atomic E-state index is 0.137. The van der Waals surface area contributed by atoms with E-state index < -0.39 is 18.2 Å². The van der Waals surface area contributed by atoms with Crippen LogP contribution in [0.15, 0.2) is 18.2 Å². The van der Waals surface area contributed by atoms with Crippen LogP contribution < -0.4 is 0 Å². The molecule has 0 aliphatic heterocycles. The Bertz CT molecular complexity index is 273. The molecule has 1 rings (SSSR count). The number of halogens is 2. The molecule has 0 heterocycles. The molecule has 0 atom stereocenters.